The molecule has 7 nitrogen and oxygen atoms in total. The van der Waals surface area contributed by atoms with Gasteiger partial charge in [0.05, 0.1) is 25.9 Å². The van der Waals surface area contributed by atoms with Gasteiger partial charge in [-0.2, -0.15) is 0 Å². The van der Waals surface area contributed by atoms with Crippen LogP contribution in [0.25, 0.3) is 0 Å². The monoisotopic (exact) mass is 295 g/mol. The van der Waals surface area contributed by atoms with Crippen LogP contribution in [0.4, 0.5) is 0 Å². The van der Waals surface area contributed by atoms with E-state index in [2.05, 4.69) is 0 Å². The summed E-state index contributed by atoms with van der Waals surface area (Å²) in [7, 11) is 2.86. The van der Waals surface area contributed by atoms with E-state index in [1.165, 1.54) is 20.3 Å². The number of carboxylic acid groups (broad SMARTS) is 1. The number of hydrogen-bond acceptors (Lipinski definition) is 5. The number of carbonyl (C=O) groups excluding carboxylic acids is 1. The average molecular weight is 295 g/mol. The summed E-state index contributed by atoms with van der Waals surface area (Å²) in [4.78, 5) is 24.9. The second kappa shape index (κ2) is 6.01. The number of carboxylic acids is 1. The van der Waals surface area contributed by atoms with Crippen LogP contribution >= 0.6 is 0 Å². The number of β-amino-alcohol motifs (C(OH)–C–C–N with tert-alkyl or cyclic N) is 1. The number of aliphatic carboxylic acids is 1. The number of rotatable bonds is 4. The van der Waals surface area contributed by atoms with Crippen molar-refractivity contribution >= 4 is 11.9 Å². The number of hydrogen-bond donors (Lipinski definition) is 2. The molecule has 0 saturated carbocycles. The van der Waals surface area contributed by atoms with Gasteiger partial charge in [0.25, 0.3) is 5.91 Å². The molecule has 1 fully saturated rings. The summed E-state index contributed by atoms with van der Waals surface area (Å²) < 4.78 is 10.3. The van der Waals surface area contributed by atoms with Gasteiger partial charge in [0.2, 0.25) is 0 Å². The van der Waals surface area contributed by atoms with Gasteiger partial charge in [-0.05, 0) is 12.1 Å². The second-order valence-corrected chi connectivity index (χ2v) is 4.74. The minimum atomic E-state index is -1.14. The number of amides is 1. The van der Waals surface area contributed by atoms with Crippen LogP contribution < -0.4 is 9.47 Å². The number of para-hydroxylation sites is 1. The molecule has 0 bridgehead atoms. The summed E-state index contributed by atoms with van der Waals surface area (Å²) in [5.41, 5.74) is 0.206. The van der Waals surface area contributed by atoms with Crippen molar-refractivity contribution in [2.45, 2.75) is 18.6 Å². The standard InChI is InChI=1S/C14H17NO6/c1-20-11-5-3-4-9(12(11)21-2)13(17)15-7-8(16)6-10(15)14(18)19/h3-5,8,10,16H,6-7H2,1-2H3,(H,18,19)/t8-,10-/m1/s1. The van der Waals surface area contributed by atoms with Gasteiger partial charge in [0.1, 0.15) is 6.04 Å². The zero-order valence-electron chi connectivity index (χ0n) is 11.8. The molecular formula is C14H17NO6. The predicted molar refractivity (Wildman–Crippen MR) is 72.6 cm³/mol. The van der Waals surface area contributed by atoms with Gasteiger partial charge in [-0.25, -0.2) is 4.79 Å². The molecule has 1 aliphatic rings. The van der Waals surface area contributed by atoms with Crippen LogP contribution in [-0.4, -0.2) is 59.9 Å². The lowest BCUT2D eigenvalue weighted by Gasteiger charge is -2.22. The summed E-state index contributed by atoms with van der Waals surface area (Å²) in [6.07, 6.45) is -0.820. The highest BCUT2D eigenvalue weighted by molar-refractivity contribution is 6.00. The zero-order valence-corrected chi connectivity index (χ0v) is 11.8. The van der Waals surface area contributed by atoms with Crippen molar-refractivity contribution in [1.29, 1.82) is 0 Å². The van der Waals surface area contributed by atoms with Gasteiger partial charge in [-0.1, -0.05) is 6.07 Å². The molecule has 1 aromatic carbocycles. The SMILES string of the molecule is COc1cccc(C(=O)N2C[C@H](O)C[C@@H]2C(=O)O)c1OC. The van der Waals surface area contributed by atoms with Crippen molar-refractivity contribution < 1.29 is 29.3 Å². The van der Waals surface area contributed by atoms with Crippen molar-refractivity contribution in [3.05, 3.63) is 23.8 Å². The van der Waals surface area contributed by atoms with Gasteiger partial charge in [-0.3, -0.25) is 4.79 Å². The van der Waals surface area contributed by atoms with Crippen LogP contribution in [0.15, 0.2) is 18.2 Å². The van der Waals surface area contributed by atoms with Crippen LogP contribution in [0.2, 0.25) is 0 Å². The normalized spacial score (nSPS) is 21.2. The van der Waals surface area contributed by atoms with Crippen LogP contribution in [0.3, 0.4) is 0 Å². The molecule has 0 aromatic heterocycles. The predicted octanol–water partition coefficient (Wildman–Crippen LogP) is 0.364. The van der Waals surface area contributed by atoms with Gasteiger partial charge in [0, 0.05) is 13.0 Å². The third kappa shape index (κ3) is 2.78. The molecule has 2 atom stereocenters. The largest absolute Gasteiger partial charge is 0.493 e. The molecule has 1 amide bonds. The van der Waals surface area contributed by atoms with E-state index < -0.39 is 24.0 Å². The number of methoxy groups -OCH3 is 2. The minimum Gasteiger partial charge on any atom is -0.493 e. The maximum Gasteiger partial charge on any atom is 0.326 e. The lowest BCUT2D eigenvalue weighted by atomic mass is 10.1. The number of benzene rings is 1. The van der Waals surface area contributed by atoms with Crippen molar-refractivity contribution in [3.8, 4) is 11.5 Å². The number of aliphatic hydroxyl groups excluding tert-OH is 1. The first-order chi connectivity index (χ1) is 9.99. The molecule has 0 unspecified atom stereocenters. The van der Waals surface area contributed by atoms with Crippen molar-refractivity contribution in [1.82, 2.24) is 4.90 Å². The lowest BCUT2D eigenvalue weighted by molar-refractivity contribution is -0.141. The Morgan fingerprint density at radius 1 is 1.29 bits per heavy atom. The molecule has 7 heteroatoms. The number of carbonyl (C=O) groups is 2. The molecule has 1 aromatic rings. The fourth-order valence-electron chi connectivity index (χ4n) is 2.48. The Hall–Kier alpha value is -2.28. The Morgan fingerprint density at radius 3 is 2.57 bits per heavy atom. The van der Waals surface area contributed by atoms with E-state index in [-0.39, 0.29) is 24.3 Å². The Bertz CT molecular complexity index is 558. The van der Waals surface area contributed by atoms with E-state index in [0.717, 1.165) is 4.90 Å². The van der Waals surface area contributed by atoms with Gasteiger partial charge < -0.3 is 24.6 Å². The van der Waals surface area contributed by atoms with Crippen molar-refractivity contribution in [2.75, 3.05) is 20.8 Å². The minimum absolute atomic E-state index is 0.0177. The third-order valence-corrected chi connectivity index (χ3v) is 3.46. The summed E-state index contributed by atoms with van der Waals surface area (Å²) in [5.74, 6) is -1.01. The average Bonchev–Trinajstić information content (AvgIpc) is 2.87. The Kier molecular flexibility index (Phi) is 4.32. The van der Waals surface area contributed by atoms with E-state index in [1.54, 1.807) is 12.1 Å². The first-order valence-corrected chi connectivity index (χ1v) is 6.42. The van der Waals surface area contributed by atoms with Gasteiger partial charge in [-0.15, -0.1) is 0 Å². The maximum absolute atomic E-state index is 12.6. The first kappa shape index (κ1) is 15.1. The van der Waals surface area contributed by atoms with Crippen molar-refractivity contribution in [3.63, 3.8) is 0 Å². The van der Waals surface area contributed by atoms with E-state index in [4.69, 9.17) is 14.6 Å². The van der Waals surface area contributed by atoms with Gasteiger partial charge >= 0.3 is 5.97 Å². The molecule has 114 valence electrons. The number of nitrogens with zero attached hydrogens (tertiary/aromatic N) is 1. The quantitative estimate of drug-likeness (QED) is 0.833. The molecule has 1 saturated heterocycles. The van der Waals surface area contributed by atoms with E-state index >= 15 is 0 Å². The maximum atomic E-state index is 12.6. The molecule has 1 aliphatic heterocycles. The summed E-state index contributed by atoms with van der Waals surface area (Å²) in [6, 6.07) is 3.76. The highest BCUT2D eigenvalue weighted by Crippen LogP contribution is 2.33. The molecule has 0 spiro atoms. The van der Waals surface area contributed by atoms with Gasteiger partial charge in [0.15, 0.2) is 11.5 Å². The number of aliphatic hydroxyl groups is 1. The van der Waals surface area contributed by atoms with Crippen LogP contribution in [0.1, 0.15) is 16.8 Å². The number of likely N-dealkylation sites (tertiary alicyclic amines) is 1. The summed E-state index contributed by atoms with van der Waals surface area (Å²) >= 11 is 0. The fraction of sp³-hybridized carbons (Fsp3) is 0.429. The Labute approximate surface area is 121 Å². The molecular weight excluding hydrogens is 278 g/mol. The second-order valence-electron chi connectivity index (χ2n) is 4.74. The first-order valence-electron chi connectivity index (χ1n) is 6.42. The Balaban J connectivity index is 2.38. The molecule has 2 N–H and O–H groups in total. The topological polar surface area (TPSA) is 96.3 Å². The summed E-state index contributed by atoms with van der Waals surface area (Å²) in [5, 5.41) is 18.8. The molecule has 21 heavy (non-hydrogen) atoms. The highest BCUT2D eigenvalue weighted by Gasteiger charge is 2.40. The highest BCUT2D eigenvalue weighted by atomic mass is 16.5. The number of ether oxygens (including phenoxy) is 2. The zero-order chi connectivity index (χ0) is 15.6. The van der Waals surface area contributed by atoms with E-state index in [0.29, 0.717) is 5.75 Å². The molecule has 1 heterocycles. The summed E-state index contributed by atoms with van der Waals surface area (Å²) in [6.45, 7) is -0.0177. The van der Waals surface area contributed by atoms with E-state index in [9.17, 15) is 14.7 Å². The lowest BCUT2D eigenvalue weighted by Crippen LogP contribution is -2.40. The fourth-order valence-corrected chi connectivity index (χ4v) is 2.48. The molecule has 0 aliphatic carbocycles. The van der Waals surface area contributed by atoms with E-state index in [1.807, 2.05) is 0 Å². The smallest absolute Gasteiger partial charge is 0.326 e. The molecule has 0 radical (unpaired) electrons. The van der Waals surface area contributed by atoms with Crippen LogP contribution in [0, 0.1) is 0 Å². The third-order valence-electron chi connectivity index (χ3n) is 3.46. The van der Waals surface area contributed by atoms with Crippen LogP contribution in [0.5, 0.6) is 11.5 Å². The Morgan fingerprint density at radius 2 is 2.00 bits per heavy atom. The van der Waals surface area contributed by atoms with Crippen LogP contribution in [-0.2, 0) is 4.79 Å². The van der Waals surface area contributed by atoms with Crippen molar-refractivity contribution in [2.24, 2.45) is 0 Å². The molecule has 2 rings (SSSR count).